The number of hydrogen-bond donors (Lipinski definition) is 1. The molecule has 0 saturated heterocycles. The lowest BCUT2D eigenvalue weighted by Crippen LogP contribution is -2.19. The number of carbonyl (C=O) groups is 1. The van der Waals surface area contributed by atoms with Crippen LogP contribution >= 0.6 is 11.6 Å². The molecule has 1 saturated carbocycles. The Morgan fingerprint density at radius 1 is 1.23 bits per heavy atom. The van der Waals surface area contributed by atoms with Gasteiger partial charge in [-0.1, -0.05) is 57.6 Å². The summed E-state index contributed by atoms with van der Waals surface area (Å²) in [6.45, 7) is 4.49. The Morgan fingerprint density at radius 3 is 2.35 bits per heavy atom. The fourth-order valence-corrected chi connectivity index (χ4v) is 3.18. The molecule has 1 aromatic heterocycles. The lowest BCUT2D eigenvalue weighted by atomic mass is 10.1. The fourth-order valence-electron chi connectivity index (χ4n) is 2.88. The molecular formula is C20H25ClFNO3. The molecule has 1 fully saturated rings. The minimum Gasteiger partial charge on any atom is -0.477 e. The molecule has 26 heavy (non-hydrogen) atoms. The Kier molecular flexibility index (Phi) is 7.21. The molecule has 0 radical (unpaired) electrons. The van der Waals surface area contributed by atoms with Crippen LogP contribution in [0.15, 0.2) is 23.1 Å². The Labute approximate surface area is 157 Å². The molecule has 3 rings (SSSR count). The second-order valence-corrected chi connectivity index (χ2v) is 7.07. The third-order valence-corrected chi connectivity index (χ3v) is 4.71. The van der Waals surface area contributed by atoms with Gasteiger partial charge in [0.05, 0.1) is 15.9 Å². The molecule has 0 aliphatic heterocycles. The summed E-state index contributed by atoms with van der Waals surface area (Å²) in [6, 6.07) is 2.29. The van der Waals surface area contributed by atoms with Crippen LogP contribution in [0, 0.1) is 5.82 Å². The number of unbranched alkanes of at least 4 members (excludes halogenated alkanes) is 4. The van der Waals surface area contributed by atoms with Crippen molar-refractivity contribution in [1.82, 2.24) is 4.57 Å². The zero-order chi connectivity index (χ0) is 19.3. The lowest BCUT2D eigenvalue weighted by Gasteiger charge is -2.12. The van der Waals surface area contributed by atoms with Crippen molar-refractivity contribution in [3.05, 3.63) is 45.0 Å². The van der Waals surface area contributed by atoms with Crippen LogP contribution < -0.4 is 5.43 Å². The average Bonchev–Trinajstić information content (AvgIpc) is 3.41. The van der Waals surface area contributed by atoms with Crippen LogP contribution in [-0.4, -0.2) is 15.6 Å². The highest BCUT2D eigenvalue weighted by atomic mass is 35.5. The van der Waals surface area contributed by atoms with Gasteiger partial charge in [-0.3, -0.25) is 4.79 Å². The normalized spacial score (nSPS) is 13.4. The van der Waals surface area contributed by atoms with Crippen LogP contribution in [0.4, 0.5) is 4.39 Å². The van der Waals surface area contributed by atoms with E-state index in [0.29, 0.717) is 5.52 Å². The summed E-state index contributed by atoms with van der Waals surface area (Å²) in [4.78, 5) is 23.1. The van der Waals surface area contributed by atoms with Gasteiger partial charge in [0.1, 0.15) is 11.4 Å². The number of carboxylic acids is 1. The minimum absolute atomic E-state index is 0.0109. The van der Waals surface area contributed by atoms with E-state index in [-0.39, 0.29) is 22.0 Å². The number of benzene rings is 1. The summed E-state index contributed by atoms with van der Waals surface area (Å²) in [5, 5.41) is 9.18. The number of aromatic carboxylic acids is 1. The monoisotopic (exact) mass is 381 g/mol. The van der Waals surface area contributed by atoms with Crippen molar-refractivity contribution in [3.63, 3.8) is 0 Å². The molecule has 6 heteroatoms. The van der Waals surface area contributed by atoms with Crippen LogP contribution in [0.1, 0.15) is 75.2 Å². The van der Waals surface area contributed by atoms with E-state index in [9.17, 15) is 14.0 Å². The van der Waals surface area contributed by atoms with Gasteiger partial charge in [-0.2, -0.15) is 0 Å². The first kappa shape index (κ1) is 20.4. The number of carboxylic acid groups (broad SMARTS) is 1. The van der Waals surface area contributed by atoms with Crippen molar-refractivity contribution in [2.45, 2.75) is 64.8 Å². The van der Waals surface area contributed by atoms with E-state index in [1.54, 1.807) is 4.57 Å². The molecule has 4 nitrogen and oxygen atoms in total. The Bertz CT molecular complexity index is 839. The minimum atomic E-state index is -1.32. The number of fused-ring (bicyclic) bond motifs is 1. The number of hydrogen-bond acceptors (Lipinski definition) is 2. The Morgan fingerprint density at radius 2 is 1.85 bits per heavy atom. The fraction of sp³-hybridized carbons (Fsp3) is 0.500. The van der Waals surface area contributed by atoms with Crippen LogP contribution in [-0.2, 0) is 0 Å². The van der Waals surface area contributed by atoms with Gasteiger partial charge in [-0.15, -0.1) is 0 Å². The van der Waals surface area contributed by atoms with E-state index < -0.39 is 17.2 Å². The molecule has 0 bridgehead atoms. The molecule has 1 aromatic carbocycles. The van der Waals surface area contributed by atoms with Crippen LogP contribution in [0.25, 0.3) is 10.9 Å². The second-order valence-electron chi connectivity index (χ2n) is 6.66. The van der Waals surface area contributed by atoms with Crippen LogP contribution in [0.3, 0.4) is 0 Å². The molecule has 1 aliphatic rings. The highest BCUT2D eigenvalue weighted by Crippen LogP contribution is 2.38. The second kappa shape index (κ2) is 9.17. The molecule has 0 amide bonds. The third-order valence-electron chi connectivity index (χ3n) is 4.42. The first-order valence-corrected chi connectivity index (χ1v) is 9.55. The predicted octanol–water partition coefficient (Wildman–Crippen LogP) is 5.80. The smallest absolute Gasteiger partial charge is 0.341 e. The Balaban J connectivity index is 0.000000298. The molecule has 0 spiro atoms. The SMILES string of the molecule is CCCCCCC.O=C(O)c1cn(C2CC2)c2c(Cl)cc(F)cc2c1=O. The lowest BCUT2D eigenvalue weighted by molar-refractivity contribution is 0.0695. The van der Waals surface area contributed by atoms with Gasteiger partial charge < -0.3 is 9.67 Å². The molecule has 1 heterocycles. The standard InChI is InChI=1S/C13H9ClFNO3.C7H16/c14-10-4-6(15)3-8-11(10)16(7-1-2-7)5-9(12(8)17)13(18)19;1-3-5-7-6-4-2/h3-5,7H,1-2H2,(H,18,19);3-7H2,1-2H3. The Hall–Kier alpha value is -1.88. The van der Waals surface area contributed by atoms with Crippen molar-refractivity contribution in [1.29, 1.82) is 0 Å². The summed E-state index contributed by atoms with van der Waals surface area (Å²) in [5.41, 5.74) is -0.664. The van der Waals surface area contributed by atoms with E-state index in [1.807, 2.05) is 0 Å². The van der Waals surface area contributed by atoms with Crippen molar-refractivity contribution in [3.8, 4) is 0 Å². The number of halogens is 2. The molecule has 0 atom stereocenters. The van der Waals surface area contributed by atoms with Gasteiger partial charge in [0.15, 0.2) is 0 Å². The summed E-state index contributed by atoms with van der Waals surface area (Å²) in [6.07, 6.45) is 10.1. The largest absolute Gasteiger partial charge is 0.477 e. The highest BCUT2D eigenvalue weighted by Gasteiger charge is 2.27. The number of pyridine rings is 1. The van der Waals surface area contributed by atoms with E-state index >= 15 is 0 Å². The van der Waals surface area contributed by atoms with E-state index in [4.69, 9.17) is 16.7 Å². The van der Waals surface area contributed by atoms with Crippen molar-refractivity contribution >= 4 is 28.5 Å². The van der Waals surface area contributed by atoms with E-state index in [1.165, 1.54) is 38.3 Å². The molecular weight excluding hydrogens is 357 g/mol. The van der Waals surface area contributed by atoms with Gasteiger partial charge in [0, 0.05) is 12.2 Å². The van der Waals surface area contributed by atoms with E-state index in [0.717, 1.165) is 25.0 Å². The quantitative estimate of drug-likeness (QED) is 0.643. The molecule has 1 aliphatic carbocycles. The zero-order valence-corrected chi connectivity index (χ0v) is 16.0. The van der Waals surface area contributed by atoms with Crippen molar-refractivity contribution in [2.24, 2.45) is 0 Å². The topological polar surface area (TPSA) is 59.3 Å². The number of rotatable bonds is 6. The third kappa shape index (κ3) is 4.85. The maximum atomic E-state index is 13.4. The maximum Gasteiger partial charge on any atom is 0.341 e. The van der Waals surface area contributed by atoms with Crippen LogP contribution in [0.2, 0.25) is 5.02 Å². The van der Waals surface area contributed by atoms with E-state index in [2.05, 4.69) is 13.8 Å². The van der Waals surface area contributed by atoms with Gasteiger partial charge in [0.2, 0.25) is 5.43 Å². The summed E-state index contributed by atoms with van der Waals surface area (Å²) < 4.78 is 15.0. The molecule has 2 aromatic rings. The highest BCUT2D eigenvalue weighted by molar-refractivity contribution is 6.35. The number of aromatic nitrogens is 1. The van der Waals surface area contributed by atoms with Crippen molar-refractivity contribution in [2.75, 3.05) is 0 Å². The predicted molar refractivity (Wildman–Crippen MR) is 103 cm³/mol. The van der Waals surface area contributed by atoms with Gasteiger partial charge >= 0.3 is 5.97 Å². The summed E-state index contributed by atoms with van der Waals surface area (Å²) in [7, 11) is 0. The summed E-state index contributed by atoms with van der Waals surface area (Å²) in [5.74, 6) is -1.97. The summed E-state index contributed by atoms with van der Waals surface area (Å²) >= 11 is 6.00. The molecule has 1 N–H and O–H groups in total. The first-order valence-electron chi connectivity index (χ1n) is 9.17. The van der Waals surface area contributed by atoms with Crippen molar-refractivity contribution < 1.29 is 14.3 Å². The first-order chi connectivity index (χ1) is 12.4. The molecule has 0 unspecified atom stereocenters. The van der Waals surface area contributed by atoms with Crippen LogP contribution in [0.5, 0.6) is 0 Å². The van der Waals surface area contributed by atoms with Gasteiger partial charge in [-0.05, 0) is 25.0 Å². The number of nitrogens with zero attached hydrogens (tertiary/aromatic N) is 1. The van der Waals surface area contributed by atoms with Gasteiger partial charge in [0.25, 0.3) is 0 Å². The maximum absolute atomic E-state index is 13.4. The molecule has 142 valence electrons. The van der Waals surface area contributed by atoms with Gasteiger partial charge in [-0.25, -0.2) is 9.18 Å². The zero-order valence-electron chi connectivity index (χ0n) is 15.2. The average molecular weight is 382 g/mol.